The van der Waals surface area contributed by atoms with Crippen LogP contribution in [0.3, 0.4) is 0 Å². The van der Waals surface area contributed by atoms with Gasteiger partial charge in [0, 0.05) is 22.0 Å². The van der Waals surface area contributed by atoms with Crippen LogP contribution in [0.4, 0.5) is 0 Å². The molecule has 4 heteroatoms. The molecule has 0 saturated heterocycles. The summed E-state index contributed by atoms with van der Waals surface area (Å²) in [5, 5.41) is 0.893. The fourth-order valence-electron chi connectivity index (χ4n) is 2.93. The van der Waals surface area contributed by atoms with Gasteiger partial charge in [-0.2, -0.15) is 0 Å². The Hall–Kier alpha value is -2.75. The third-order valence-corrected chi connectivity index (χ3v) is 3.97. The maximum Gasteiger partial charge on any atom is 0.196 e. The van der Waals surface area contributed by atoms with E-state index >= 15 is 0 Å². The van der Waals surface area contributed by atoms with E-state index in [0.29, 0.717) is 16.9 Å². The van der Waals surface area contributed by atoms with Crippen LogP contribution in [0.5, 0.6) is 11.5 Å². The average Bonchev–Trinajstić information content (AvgIpc) is 3.03. The summed E-state index contributed by atoms with van der Waals surface area (Å²) in [6.45, 7) is 0. The monoisotopic (exact) mass is 279 g/mol. The van der Waals surface area contributed by atoms with E-state index in [1.807, 2.05) is 30.3 Å². The number of hydrogen-bond donors (Lipinski definition) is 1. The lowest BCUT2D eigenvalue weighted by Crippen LogP contribution is -1.96. The first-order chi connectivity index (χ1) is 10.2. The SMILES string of the molecule is COc1ccc2c(c1)C(=O)c1c-2[nH]c2ccc(OC)cc12. The van der Waals surface area contributed by atoms with E-state index in [1.165, 1.54) is 0 Å². The van der Waals surface area contributed by atoms with E-state index in [2.05, 4.69) is 4.98 Å². The van der Waals surface area contributed by atoms with Gasteiger partial charge in [-0.15, -0.1) is 0 Å². The molecule has 0 atom stereocenters. The number of ether oxygens (including phenoxy) is 2. The normalized spacial score (nSPS) is 12.4. The van der Waals surface area contributed by atoms with Crippen molar-refractivity contribution in [1.82, 2.24) is 4.98 Å². The lowest BCUT2D eigenvalue weighted by Gasteiger charge is -2.03. The zero-order valence-electron chi connectivity index (χ0n) is 11.7. The number of rotatable bonds is 2. The molecule has 2 aromatic carbocycles. The number of methoxy groups -OCH3 is 2. The highest BCUT2D eigenvalue weighted by molar-refractivity contribution is 6.27. The van der Waals surface area contributed by atoms with Crippen LogP contribution in [0.25, 0.3) is 22.2 Å². The van der Waals surface area contributed by atoms with Crippen molar-refractivity contribution in [2.45, 2.75) is 0 Å². The van der Waals surface area contributed by atoms with Crippen LogP contribution < -0.4 is 9.47 Å². The summed E-state index contributed by atoms with van der Waals surface area (Å²) < 4.78 is 10.5. The van der Waals surface area contributed by atoms with Gasteiger partial charge in [0.15, 0.2) is 5.78 Å². The molecular weight excluding hydrogens is 266 g/mol. The second kappa shape index (κ2) is 4.12. The number of fused-ring (bicyclic) bond motifs is 5. The number of aromatic nitrogens is 1. The summed E-state index contributed by atoms with van der Waals surface area (Å²) in [4.78, 5) is 16.0. The number of hydrogen-bond acceptors (Lipinski definition) is 3. The van der Waals surface area contributed by atoms with Crippen molar-refractivity contribution in [2.75, 3.05) is 14.2 Å². The van der Waals surface area contributed by atoms with E-state index in [1.54, 1.807) is 20.3 Å². The van der Waals surface area contributed by atoms with Crippen LogP contribution in [0.15, 0.2) is 36.4 Å². The average molecular weight is 279 g/mol. The Morgan fingerprint density at radius 3 is 2.38 bits per heavy atom. The minimum Gasteiger partial charge on any atom is -0.497 e. The van der Waals surface area contributed by atoms with E-state index in [0.717, 1.165) is 27.9 Å². The van der Waals surface area contributed by atoms with Crippen molar-refractivity contribution < 1.29 is 14.3 Å². The van der Waals surface area contributed by atoms with Gasteiger partial charge in [-0.3, -0.25) is 4.79 Å². The standard InChI is InChI=1S/C17H13NO3/c1-20-9-3-5-11-12(7-9)17(19)15-13-8-10(21-2)4-6-14(13)18-16(11)15/h3-8,18H,1-2H3. The quantitative estimate of drug-likeness (QED) is 0.612. The van der Waals surface area contributed by atoms with E-state index in [9.17, 15) is 4.79 Å². The molecule has 1 heterocycles. The van der Waals surface area contributed by atoms with Crippen molar-refractivity contribution in [3.8, 4) is 22.8 Å². The number of carbonyl (C=O) groups excluding carboxylic acids is 1. The fourth-order valence-corrected chi connectivity index (χ4v) is 2.93. The molecule has 1 N–H and O–H groups in total. The molecule has 1 aliphatic carbocycles. The summed E-state index contributed by atoms with van der Waals surface area (Å²) in [6.07, 6.45) is 0. The Kier molecular flexibility index (Phi) is 2.36. The van der Waals surface area contributed by atoms with Gasteiger partial charge in [-0.1, -0.05) is 0 Å². The number of ketones is 1. The maximum atomic E-state index is 12.7. The molecule has 0 unspecified atom stereocenters. The first-order valence-corrected chi connectivity index (χ1v) is 6.65. The Balaban J connectivity index is 2.01. The summed E-state index contributed by atoms with van der Waals surface area (Å²) in [6, 6.07) is 11.3. The van der Waals surface area contributed by atoms with Gasteiger partial charge in [-0.25, -0.2) is 0 Å². The third-order valence-electron chi connectivity index (χ3n) is 3.97. The second-order valence-corrected chi connectivity index (χ2v) is 5.03. The predicted octanol–water partition coefficient (Wildman–Crippen LogP) is 3.40. The molecule has 4 nitrogen and oxygen atoms in total. The van der Waals surface area contributed by atoms with E-state index in [4.69, 9.17) is 9.47 Å². The van der Waals surface area contributed by atoms with Gasteiger partial charge in [0.05, 0.1) is 25.5 Å². The van der Waals surface area contributed by atoms with E-state index in [-0.39, 0.29) is 5.78 Å². The molecule has 0 fully saturated rings. The van der Waals surface area contributed by atoms with Crippen molar-refractivity contribution in [2.24, 2.45) is 0 Å². The van der Waals surface area contributed by atoms with Gasteiger partial charge in [-0.05, 0) is 36.4 Å². The zero-order valence-corrected chi connectivity index (χ0v) is 11.7. The van der Waals surface area contributed by atoms with Crippen LogP contribution in [0.1, 0.15) is 15.9 Å². The molecule has 0 spiro atoms. The summed E-state index contributed by atoms with van der Waals surface area (Å²) in [5.41, 5.74) is 4.13. The number of nitrogens with one attached hydrogen (secondary N) is 1. The van der Waals surface area contributed by atoms with Crippen molar-refractivity contribution in [3.63, 3.8) is 0 Å². The second-order valence-electron chi connectivity index (χ2n) is 5.03. The summed E-state index contributed by atoms with van der Waals surface area (Å²) in [5.74, 6) is 1.46. The molecule has 3 aromatic rings. The lowest BCUT2D eigenvalue weighted by molar-refractivity contribution is 0.104. The highest BCUT2D eigenvalue weighted by atomic mass is 16.5. The highest BCUT2D eigenvalue weighted by Crippen LogP contribution is 2.42. The fraction of sp³-hybridized carbons (Fsp3) is 0.118. The zero-order chi connectivity index (χ0) is 14.6. The smallest absolute Gasteiger partial charge is 0.196 e. The van der Waals surface area contributed by atoms with E-state index < -0.39 is 0 Å². The van der Waals surface area contributed by atoms with Gasteiger partial charge in [0.1, 0.15) is 11.5 Å². The van der Waals surface area contributed by atoms with Crippen LogP contribution in [-0.4, -0.2) is 25.0 Å². The number of H-pyrrole nitrogens is 1. The molecule has 0 bridgehead atoms. The van der Waals surface area contributed by atoms with Crippen molar-refractivity contribution >= 4 is 16.7 Å². The topological polar surface area (TPSA) is 51.3 Å². The highest BCUT2D eigenvalue weighted by Gasteiger charge is 2.31. The number of carbonyl (C=O) groups is 1. The Morgan fingerprint density at radius 1 is 0.905 bits per heavy atom. The molecule has 4 rings (SSSR count). The number of benzene rings is 2. The molecule has 0 saturated carbocycles. The molecule has 104 valence electrons. The molecular formula is C17H13NO3. The van der Waals surface area contributed by atoms with Crippen LogP contribution in [0.2, 0.25) is 0 Å². The largest absolute Gasteiger partial charge is 0.497 e. The Labute approximate surface area is 121 Å². The van der Waals surface area contributed by atoms with Gasteiger partial charge in [0.25, 0.3) is 0 Å². The molecule has 1 aromatic heterocycles. The van der Waals surface area contributed by atoms with Crippen molar-refractivity contribution in [1.29, 1.82) is 0 Å². The molecule has 0 amide bonds. The molecule has 0 radical (unpaired) electrons. The summed E-state index contributed by atoms with van der Waals surface area (Å²) in [7, 11) is 3.22. The van der Waals surface area contributed by atoms with Crippen LogP contribution in [-0.2, 0) is 0 Å². The predicted molar refractivity (Wildman–Crippen MR) is 80.3 cm³/mol. The molecule has 21 heavy (non-hydrogen) atoms. The van der Waals surface area contributed by atoms with Crippen LogP contribution >= 0.6 is 0 Å². The minimum atomic E-state index is 0.0263. The third kappa shape index (κ3) is 1.53. The van der Waals surface area contributed by atoms with Gasteiger partial charge >= 0.3 is 0 Å². The summed E-state index contributed by atoms with van der Waals surface area (Å²) >= 11 is 0. The molecule has 0 aliphatic heterocycles. The van der Waals surface area contributed by atoms with Crippen LogP contribution in [0, 0.1) is 0 Å². The molecule has 1 aliphatic rings. The number of aromatic amines is 1. The first-order valence-electron chi connectivity index (χ1n) is 6.65. The Morgan fingerprint density at radius 2 is 1.62 bits per heavy atom. The maximum absolute atomic E-state index is 12.7. The lowest BCUT2D eigenvalue weighted by atomic mass is 10.1. The van der Waals surface area contributed by atoms with Crippen molar-refractivity contribution in [3.05, 3.63) is 47.5 Å². The van der Waals surface area contributed by atoms with Gasteiger partial charge in [0.2, 0.25) is 0 Å². The Bertz CT molecular complexity index is 892. The first kappa shape index (κ1) is 12.0. The minimum absolute atomic E-state index is 0.0263. The van der Waals surface area contributed by atoms with Gasteiger partial charge < -0.3 is 14.5 Å².